The lowest BCUT2D eigenvalue weighted by Gasteiger charge is -2.13. The van der Waals surface area contributed by atoms with Crippen LogP contribution in [0.4, 0.5) is 21.9 Å². The Morgan fingerprint density at radius 1 is 0.867 bits per heavy atom. The number of hydrogen-bond donors (Lipinski definition) is 3. The van der Waals surface area contributed by atoms with Gasteiger partial charge in [-0.15, -0.1) is 0 Å². The molecule has 0 spiro atoms. The second-order valence-electron chi connectivity index (χ2n) is 6.40. The van der Waals surface area contributed by atoms with Gasteiger partial charge in [-0.3, -0.25) is 4.72 Å². The molecule has 0 bridgehead atoms. The molecule has 0 aromatic heterocycles. The Balaban J connectivity index is 1.75. The highest BCUT2D eigenvalue weighted by Gasteiger charge is 2.18. The number of ether oxygens (including phenoxy) is 1. The predicted octanol–water partition coefficient (Wildman–Crippen LogP) is 5.10. The van der Waals surface area contributed by atoms with Crippen LogP contribution in [0.25, 0.3) is 0 Å². The second-order valence-corrected chi connectivity index (χ2v) is 8.49. The molecule has 0 fully saturated rings. The number of carbonyl (C=O) groups is 1. The molecule has 0 aliphatic rings. The van der Waals surface area contributed by atoms with Gasteiger partial charge in [0.15, 0.2) is 0 Å². The standard InChI is InChI=1S/C21H20ClN3O4S/c1-14-3-6-18(24-21(26)23-16-9-11-19(29-2)12-10-16)13-20(14)30(27,28)25-17-7-4-15(22)5-8-17/h3-13,25H,1-2H3,(H2,23,24,26). The summed E-state index contributed by atoms with van der Waals surface area (Å²) in [6, 6.07) is 17.3. The Hall–Kier alpha value is -3.23. The third kappa shape index (κ3) is 5.43. The van der Waals surface area contributed by atoms with E-state index in [0.717, 1.165) is 0 Å². The number of sulfonamides is 1. The van der Waals surface area contributed by atoms with Crippen molar-refractivity contribution in [1.29, 1.82) is 0 Å². The van der Waals surface area contributed by atoms with Crippen molar-refractivity contribution in [2.75, 3.05) is 22.5 Å². The molecule has 30 heavy (non-hydrogen) atoms. The molecule has 0 radical (unpaired) electrons. The SMILES string of the molecule is COc1ccc(NC(=O)Nc2ccc(C)c(S(=O)(=O)Nc3ccc(Cl)cc3)c2)cc1. The van der Waals surface area contributed by atoms with E-state index in [4.69, 9.17) is 16.3 Å². The van der Waals surface area contributed by atoms with E-state index < -0.39 is 16.1 Å². The minimum atomic E-state index is -3.86. The maximum Gasteiger partial charge on any atom is 0.323 e. The lowest BCUT2D eigenvalue weighted by molar-refractivity contribution is 0.262. The highest BCUT2D eigenvalue weighted by atomic mass is 35.5. The molecule has 156 valence electrons. The van der Waals surface area contributed by atoms with Crippen LogP contribution in [0.2, 0.25) is 5.02 Å². The molecule has 9 heteroatoms. The van der Waals surface area contributed by atoms with E-state index in [1.807, 2.05) is 0 Å². The van der Waals surface area contributed by atoms with Crippen LogP contribution in [0, 0.1) is 6.92 Å². The summed E-state index contributed by atoms with van der Waals surface area (Å²) in [5.74, 6) is 0.669. The Bertz CT molecular complexity index is 1150. The Morgan fingerprint density at radius 3 is 2.07 bits per heavy atom. The van der Waals surface area contributed by atoms with Crippen molar-refractivity contribution >= 4 is 44.7 Å². The molecule has 3 rings (SSSR count). The van der Waals surface area contributed by atoms with Crippen molar-refractivity contribution in [3.05, 3.63) is 77.3 Å². The van der Waals surface area contributed by atoms with Crippen LogP contribution in [-0.2, 0) is 10.0 Å². The van der Waals surface area contributed by atoms with Crippen molar-refractivity contribution in [2.45, 2.75) is 11.8 Å². The first-order valence-electron chi connectivity index (χ1n) is 8.88. The van der Waals surface area contributed by atoms with Crippen molar-refractivity contribution < 1.29 is 17.9 Å². The van der Waals surface area contributed by atoms with Gasteiger partial charge in [0.05, 0.1) is 12.0 Å². The zero-order valence-corrected chi connectivity index (χ0v) is 17.8. The van der Waals surface area contributed by atoms with Gasteiger partial charge < -0.3 is 15.4 Å². The van der Waals surface area contributed by atoms with E-state index in [-0.39, 0.29) is 4.90 Å². The maximum atomic E-state index is 12.8. The first-order chi connectivity index (χ1) is 14.3. The molecular weight excluding hydrogens is 426 g/mol. The minimum absolute atomic E-state index is 0.0553. The van der Waals surface area contributed by atoms with Gasteiger partial charge in [0.25, 0.3) is 10.0 Å². The number of anilines is 3. The highest BCUT2D eigenvalue weighted by molar-refractivity contribution is 7.92. The largest absolute Gasteiger partial charge is 0.497 e. The van der Waals surface area contributed by atoms with E-state index in [1.165, 1.54) is 6.07 Å². The number of benzene rings is 3. The molecule has 0 aliphatic carbocycles. The average molecular weight is 446 g/mol. The zero-order chi connectivity index (χ0) is 21.7. The molecule has 0 atom stereocenters. The number of nitrogens with one attached hydrogen (secondary N) is 3. The van der Waals surface area contributed by atoms with Gasteiger partial charge in [0, 0.05) is 22.1 Å². The molecule has 3 aromatic rings. The number of aryl methyl sites for hydroxylation is 1. The molecule has 0 unspecified atom stereocenters. The van der Waals surface area contributed by atoms with Crippen LogP contribution in [0.1, 0.15) is 5.56 Å². The van der Waals surface area contributed by atoms with Gasteiger partial charge in [0.1, 0.15) is 5.75 Å². The van der Waals surface area contributed by atoms with E-state index in [2.05, 4.69) is 15.4 Å². The van der Waals surface area contributed by atoms with Crippen LogP contribution < -0.4 is 20.1 Å². The molecule has 7 nitrogen and oxygen atoms in total. The number of amides is 2. The van der Waals surface area contributed by atoms with E-state index in [9.17, 15) is 13.2 Å². The third-order valence-electron chi connectivity index (χ3n) is 4.18. The second kappa shape index (κ2) is 9.06. The molecule has 3 N–H and O–H groups in total. The van der Waals surface area contributed by atoms with Gasteiger partial charge in [0.2, 0.25) is 0 Å². The van der Waals surface area contributed by atoms with Crippen molar-refractivity contribution in [3.8, 4) is 5.75 Å². The third-order valence-corrected chi connectivity index (χ3v) is 5.96. The number of rotatable bonds is 6. The lowest BCUT2D eigenvalue weighted by atomic mass is 10.2. The molecular formula is C21H20ClN3O4S. The molecule has 3 aromatic carbocycles. The van der Waals surface area contributed by atoms with E-state index in [1.54, 1.807) is 74.7 Å². The van der Waals surface area contributed by atoms with Crippen LogP contribution in [-0.4, -0.2) is 21.6 Å². The summed E-state index contributed by atoms with van der Waals surface area (Å²) >= 11 is 5.84. The fourth-order valence-corrected chi connectivity index (χ4v) is 4.12. The smallest absolute Gasteiger partial charge is 0.323 e. The predicted molar refractivity (Wildman–Crippen MR) is 119 cm³/mol. The first-order valence-corrected chi connectivity index (χ1v) is 10.7. The minimum Gasteiger partial charge on any atom is -0.497 e. The Kier molecular flexibility index (Phi) is 6.49. The van der Waals surface area contributed by atoms with E-state index >= 15 is 0 Å². The normalized spacial score (nSPS) is 10.9. The monoisotopic (exact) mass is 445 g/mol. The van der Waals surface area contributed by atoms with Crippen LogP contribution >= 0.6 is 11.6 Å². The average Bonchev–Trinajstić information content (AvgIpc) is 2.71. The van der Waals surface area contributed by atoms with Gasteiger partial charge in [-0.05, 0) is 73.2 Å². The van der Waals surface area contributed by atoms with Crippen LogP contribution in [0.3, 0.4) is 0 Å². The number of methoxy groups -OCH3 is 1. The topological polar surface area (TPSA) is 96.5 Å². The fourth-order valence-electron chi connectivity index (χ4n) is 2.66. The summed E-state index contributed by atoms with van der Waals surface area (Å²) in [6.07, 6.45) is 0. The summed E-state index contributed by atoms with van der Waals surface area (Å²) in [5, 5.41) is 5.82. The van der Waals surface area contributed by atoms with Gasteiger partial charge >= 0.3 is 6.03 Å². The fraction of sp³-hybridized carbons (Fsp3) is 0.0952. The summed E-state index contributed by atoms with van der Waals surface area (Å²) in [6.45, 7) is 1.68. The zero-order valence-electron chi connectivity index (χ0n) is 16.3. The number of carbonyl (C=O) groups excluding carboxylic acids is 1. The Labute approximate surface area is 180 Å². The van der Waals surface area contributed by atoms with Gasteiger partial charge in [-0.1, -0.05) is 17.7 Å². The lowest BCUT2D eigenvalue weighted by Crippen LogP contribution is -2.20. The number of hydrogen-bond acceptors (Lipinski definition) is 4. The molecule has 2 amide bonds. The molecule has 0 saturated heterocycles. The van der Waals surface area contributed by atoms with Crippen molar-refractivity contribution in [3.63, 3.8) is 0 Å². The van der Waals surface area contributed by atoms with Crippen LogP contribution in [0.15, 0.2) is 71.6 Å². The Morgan fingerprint density at radius 2 is 1.43 bits per heavy atom. The maximum absolute atomic E-state index is 12.8. The number of urea groups is 1. The van der Waals surface area contributed by atoms with Crippen LogP contribution in [0.5, 0.6) is 5.75 Å². The molecule has 0 aliphatic heterocycles. The number of halogens is 1. The summed E-state index contributed by atoms with van der Waals surface area (Å²) in [7, 11) is -2.30. The van der Waals surface area contributed by atoms with Crippen molar-refractivity contribution in [2.24, 2.45) is 0 Å². The first kappa shape index (κ1) is 21.5. The van der Waals surface area contributed by atoms with E-state index in [0.29, 0.717) is 33.4 Å². The summed E-state index contributed by atoms with van der Waals surface area (Å²) in [5.41, 5.74) is 1.83. The van der Waals surface area contributed by atoms with Gasteiger partial charge in [-0.2, -0.15) is 0 Å². The molecule has 0 saturated carbocycles. The highest BCUT2D eigenvalue weighted by Crippen LogP contribution is 2.24. The van der Waals surface area contributed by atoms with Crippen molar-refractivity contribution in [1.82, 2.24) is 0 Å². The van der Waals surface area contributed by atoms with Gasteiger partial charge in [-0.25, -0.2) is 13.2 Å². The summed E-state index contributed by atoms with van der Waals surface area (Å²) < 4.78 is 33.2. The quantitative estimate of drug-likeness (QED) is 0.491. The summed E-state index contributed by atoms with van der Waals surface area (Å²) in [4.78, 5) is 12.3. The molecule has 0 heterocycles.